The topological polar surface area (TPSA) is 73.9 Å². The standard InChI is InChI=1S/C10H19NO5/c1-4-16-10(13)8(2)11-9(12)7-15-6-5-14-3/h8H,4-7H2,1-3H3,(H,11,12). The number of carbonyl (C=O) groups excluding carboxylic acids is 2. The largest absolute Gasteiger partial charge is 0.464 e. The Hall–Kier alpha value is -1.14. The molecule has 0 aliphatic heterocycles. The molecule has 6 nitrogen and oxygen atoms in total. The number of nitrogens with one attached hydrogen (secondary N) is 1. The van der Waals surface area contributed by atoms with E-state index in [0.717, 1.165) is 0 Å². The summed E-state index contributed by atoms with van der Waals surface area (Å²) in [6.07, 6.45) is 0. The number of hydrogen-bond donors (Lipinski definition) is 1. The summed E-state index contributed by atoms with van der Waals surface area (Å²) < 4.78 is 14.5. The highest BCUT2D eigenvalue weighted by Gasteiger charge is 2.16. The molecule has 0 fully saturated rings. The number of rotatable bonds is 8. The molecule has 1 unspecified atom stereocenters. The molecular formula is C10H19NO5. The van der Waals surface area contributed by atoms with E-state index < -0.39 is 12.0 Å². The van der Waals surface area contributed by atoms with Crippen LogP contribution >= 0.6 is 0 Å². The number of amides is 1. The molecule has 0 spiro atoms. The second-order valence-corrected chi connectivity index (χ2v) is 3.09. The number of methoxy groups -OCH3 is 1. The molecule has 0 saturated heterocycles. The van der Waals surface area contributed by atoms with E-state index in [0.29, 0.717) is 19.8 Å². The van der Waals surface area contributed by atoms with Gasteiger partial charge in [0.15, 0.2) is 0 Å². The van der Waals surface area contributed by atoms with Crippen molar-refractivity contribution in [1.82, 2.24) is 5.32 Å². The van der Waals surface area contributed by atoms with Gasteiger partial charge in [0.05, 0.1) is 19.8 Å². The van der Waals surface area contributed by atoms with Crippen molar-refractivity contribution >= 4 is 11.9 Å². The monoisotopic (exact) mass is 233 g/mol. The Kier molecular flexibility index (Phi) is 8.46. The highest BCUT2D eigenvalue weighted by Crippen LogP contribution is 1.88. The molecule has 0 bridgehead atoms. The zero-order chi connectivity index (χ0) is 12.4. The lowest BCUT2D eigenvalue weighted by molar-refractivity contribution is -0.147. The van der Waals surface area contributed by atoms with E-state index in [1.807, 2.05) is 0 Å². The van der Waals surface area contributed by atoms with Gasteiger partial charge in [-0.15, -0.1) is 0 Å². The minimum absolute atomic E-state index is 0.0902. The molecule has 1 N–H and O–H groups in total. The molecule has 0 radical (unpaired) electrons. The van der Waals surface area contributed by atoms with Crippen LogP contribution in [0.1, 0.15) is 13.8 Å². The van der Waals surface area contributed by atoms with E-state index in [2.05, 4.69) is 5.32 Å². The number of ether oxygens (including phenoxy) is 3. The summed E-state index contributed by atoms with van der Waals surface area (Å²) in [6, 6.07) is -0.654. The summed E-state index contributed by atoms with van der Waals surface area (Å²) in [5.74, 6) is -0.801. The second-order valence-electron chi connectivity index (χ2n) is 3.09. The van der Waals surface area contributed by atoms with E-state index >= 15 is 0 Å². The SMILES string of the molecule is CCOC(=O)C(C)NC(=O)COCCOC. The maximum absolute atomic E-state index is 11.2. The average molecular weight is 233 g/mol. The lowest BCUT2D eigenvalue weighted by Gasteiger charge is -2.12. The van der Waals surface area contributed by atoms with Crippen LogP contribution in [0.5, 0.6) is 0 Å². The van der Waals surface area contributed by atoms with Crippen LogP contribution in [0.25, 0.3) is 0 Å². The van der Waals surface area contributed by atoms with Gasteiger partial charge in [0, 0.05) is 7.11 Å². The van der Waals surface area contributed by atoms with Gasteiger partial charge in [0.25, 0.3) is 0 Å². The van der Waals surface area contributed by atoms with E-state index in [1.165, 1.54) is 0 Å². The van der Waals surface area contributed by atoms with Crippen molar-refractivity contribution in [2.45, 2.75) is 19.9 Å². The summed E-state index contributed by atoms with van der Waals surface area (Å²) in [7, 11) is 1.55. The molecule has 94 valence electrons. The van der Waals surface area contributed by atoms with Crippen molar-refractivity contribution in [2.75, 3.05) is 33.5 Å². The third-order valence-electron chi connectivity index (χ3n) is 1.68. The molecule has 1 amide bonds. The highest BCUT2D eigenvalue weighted by molar-refractivity contribution is 5.84. The van der Waals surface area contributed by atoms with Gasteiger partial charge >= 0.3 is 5.97 Å². The fourth-order valence-corrected chi connectivity index (χ4v) is 0.916. The van der Waals surface area contributed by atoms with Gasteiger partial charge in [0.1, 0.15) is 12.6 Å². The maximum Gasteiger partial charge on any atom is 0.328 e. The first-order chi connectivity index (χ1) is 7.61. The fraction of sp³-hybridized carbons (Fsp3) is 0.800. The zero-order valence-corrected chi connectivity index (χ0v) is 9.95. The predicted octanol–water partition coefficient (Wildman–Crippen LogP) is -0.283. The van der Waals surface area contributed by atoms with Gasteiger partial charge in [-0.2, -0.15) is 0 Å². The zero-order valence-electron chi connectivity index (χ0n) is 9.95. The van der Waals surface area contributed by atoms with Crippen LogP contribution in [0.2, 0.25) is 0 Å². The van der Waals surface area contributed by atoms with Crippen molar-refractivity contribution in [3.63, 3.8) is 0 Å². The molecule has 0 aromatic heterocycles. The van der Waals surface area contributed by atoms with E-state index in [9.17, 15) is 9.59 Å². The summed E-state index contributed by atoms with van der Waals surface area (Å²) in [4.78, 5) is 22.4. The van der Waals surface area contributed by atoms with Crippen LogP contribution in [0, 0.1) is 0 Å². The minimum Gasteiger partial charge on any atom is -0.464 e. The van der Waals surface area contributed by atoms with E-state index in [1.54, 1.807) is 21.0 Å². The van der Waals surface area contributed by atoms with E-state index in [-0.39, 0.29) is 12.5 Å². The van der Waals surface area contributed by atoms with Crippen LogP contribution in [0.15, 0.2) is 0 Å². The Bertz CT molecular complexity index is 219. The van der Waals surface area contributed by atoms with Crippen molar-refractivity contribution in [1.29, 1.82) is 0 Å². The first kappa shape index (κ1) is 14.9. The third kappa shape index (κ3) is 7.19. The molecule has 0 heterocycles. The van der Waals surface area contributed by atoms with Gasteiger partial charge in [-0.25, -0.2) is 4.79 Å². The lowest BCUT2D eigenvalue weighted by Crippen LogP contribution is -2.41. The van der Waals surface area contributed by atoms with E-state index in [4.69, 9.17) is 14.2 Å². The van der Waals surface area contributed by atoms with Crippen LogP contribution in [-0.2, 0) is 23.8 Å². The smallest absolute Gasteiger partial charge is 0.328 e. The van der Waals surface area contributed by atoms with Gasteiger partial charge in [-0.1, -0.05) is 0 Å². The minimum atomic E-state index is -0.654. The van der Waals surface area contributed by atoms with Crippen molar-refractivity contribution in [3.05, 3.63) is 0 Å². The lowest BCUT2D eigenvalue weighted by atomic mass is 10.3. The summed E-state index contributed by atoms with van der Waals surface area (Å²) in [6.45, 7) is 4.25. The molecule has 6 heteroatoms. The Morgan fingerprint density at radius 3 is 2.56 bits per heavy atom. The Morgan fingerprint density at radius 1 is 1.31 bits per heavy atom. The molecule has 0 aromatic rings. The third-order valence-corrected chi connectivity index (χ3v) is 1.68. The van der Waals surface area contributed by atoms with Crippen LogP contribution in [0.3, 0.4) is 0 Å². The average Bonchev–Trinajstić information content (AvgIpc) is 2.24. The second kappa shape index (κ2) is 9.11. The summed E-state index contributed by atoms with van der Waals surface area (Å²) in [5, 5.41) is 2.46. The number of hydrogen-bond acceptors (Lipinski definition) is 5. The van der Waals surface area contributed by atoms with Crippen molar-refractivity contribution in [3.8, 4) is 0 Å². The Morgan fingerprint density at radius 2 is 2.00 bits per heavy atom. The molecule has 0 aliphatic rings. The van der Waals surface area contributed by atoms with Crippen LogP contribution < -0.4 is 5.32 Å². The first-order valence-electron chi connectivity index (χ1n) is 5.14. The maximum atomic E-state index is 11.2. The summed E-state index contributed by atoms with van der Waals surface area (Å²) in [5.41, 5.74) is 0. The molecule has 0 saturated carbocycles. The molecule has 0 rings (SSSR count). The normalized spacial score (nSPS) is 11.9. The molecule has 1 atom stereocenters. The van der Waals surface area contributed by atoms with Crippen LogP contribution in [-0.4, -0.2) is 51.5 Å². The van der Waals surface area contributed by atoms with Crippen molar-refractivity contribution < 1.29 is 23.8 Å². The number of carbonyl (C=O) groups is 2. The Balaban J connectivity index is 3.65. The highest BCUT2D eigenvalue weighted by atomic mass is 16.5. The molecule has 0 aliphatic carbocycles. The Labute approximate surface area is 95.2 Å². The predicted molar refractivity (Wildman–Crippen MR) is 56.9 cm³/mol. The molecular weight excluding hydrogens is 214 g/mol. The fourth-order valence-electron chi connectivity index (χ4n) is 0.916. The number of esters is 1. The van der Waals surface area contributed by atoms with Gasteiger partial charge in [0.2, 0.25) is 5.91 Å². The van der Waals surface area contributed by atoms with Crippen LogP contribution in [0.4, 0.5) is 0 Å². The van der Waals surface area contributed by atoms with Gasteiger partial charge in [-0.05, 0) is 13.8 Å². The summed E-state index contributed by atoms with van der Waals surface area (Å²) >= 11 is 0. The van der Waals surface area contributed by atoms with Gasteiger partial charge in [-0.3, -0.25) is 4.79 Å². The quantitative estimate of drug-likeness (QED) is 0.461. The molecule has 0 aromatic carbocycles. The first-order valence-corrected chi connectivity index (χ1v) is 5.14. The van der Waals surface area contributed by atoms with Gasteiger partial charge < -0.3 is 19.5 Å². The molecule has 16 heavy (non-hydrogen) atoms. The van der Waals surface area contributed by atoms with Crippen molar-refractivity contribution in [2.24, 2.45) is 0 Å².